The summed E-state index contributed by atoms with van der Waals surface area (Å²) in [6, 6.07) is 16.8. The van der Waals surface area contributed by atoms with Crippen molar-refractivity contribution in [3.8, 4) is 0 Å². The monoisotopic (exact) mass is 333 g/mol. The molecule has 0 bridgehead atoms. The van der Waals surface area contributed by atoms with Crippen LogP contribution < -0.4 is 5.32 Å². The summed E-state index contributed by atoms with van der Waals surface area (Å²) in [6.45, 7) is 0. The van der Waals surface area contributed by atoms with E-state index in [4.69, 9.17) is 0 Å². The maximum atomic E-state index is 12.4. The second-order valence-electron chi connectivity index (χ2n) is 5.80. The van der Waals surface area contributed by atoms with Crippen LogP contribution in [0.2, 0.25) is 0 Å². The number of carbonyl (C=O) groups is 2. The average Bonchev–Trinajstić information content (AvgIpc) is 3.07. The molecule has 0 spiro atoms. The van der Waals surface area contributed by atoms with E-state index in [0.29, 0.717) is 29.9 Å². The molecule has 1 N–H and O–H groups in total. The highest BCUT2D eigenvalue weighted by Crippen LogP contribution is 2.13. The fourth-order valence-electron chi connectivity index (χ4n) is 2.54. The highest BCUT2D eigenvalue weighted by Gasteiger charge is 2.13. The van der Waals surface area contributed by atoms with Gasteiger partial charge in [-0.1, -0.05) is 30.3 Å². The molecule has 0 unspecified atom stereocenters. The molecule has 0 fully saturated rings. The number of imidazole rings is 1. The molecule has 0 radical (unpaired) electrons. The topological polar surface area (TPSA) is 64.0 Å². The number of aryl methyl sites for hydroxylation is 2. The van der Waals surface area contributed by atoms with Crippen LogP contribution in [0.25, 0.3) is 0 Å². The average molecular weight is 333 g/mol. The van der Waals surface area contributed by atoms with Crippen LogP contribution in [-0.4, -0.2) is 21.2 Å². The summed E-state index contributed by atoms with van der Waals surface area (Å²) in [5.41, 5.74) is 2.35. The lowest BCUT2D eigenvalue weighted by Gasteiger charge is -2.07. The van der Waals surface area contributed by atoms with Crippen molar-refractivity contribution in [1.82, 2.24) is 9.55 Å². The van der Waals surface area contributed by atoms with Gasteiger partial charge in [-0.05, 0) is 36.2 Å². The number of benzene rings is 2. The summed E-state index contributed by atoms with van der Waals surface area (Å²) in [5, 5.41) is 2.85. The standard InChI is InChI=1S/C20H19N3O2/c1-23-14-13-21-20(23)19(25)16-8-10-17(11-9-16)22-18(24)12-7-15-5-3-2-4-6-15/h2-6,8-11,13-14H,7,12H2,1H3,(H,22,24). The molecule has 1 aromatic heterocycles. The summed E-state index contributed by atoms with van der Waals surface area (Å²) in [7, 11) is 1.78. The Balaban J connectivity index is 1.58. The van der Waals surface area contributed by atoms with Crippen molar-refractivity contribution in [3.63, 3.8) is 0 Å². The number of ketones is 1. The van der Waals surface area contributed by atoms with Crippen molar-refractivity contribution in [3.05, 3.63) is 83.9 Å². The quantitative estimate of drug-likeness (QED) is 0.705. The van der Waals surface area contributed by atoms with E-state index in [2.05, 4.69) is 10.3 Å². The van der Waals surface area contributed by atoms with Crippen molar-refractivity contribution >= 4 is 17.4 Å². The summed E-state index contributed by atoms with van der Waals surface area (Å²) >= 11 is 0. The van der Waals surface area contributed by atoms with Crippen LogP contribution in [0.5, 0.6) is 0 Å². The van der Waals surface area contributed by atoms with Gasteiger partial charge in [0.2, 0.25) is 11.7 Å². The van der Waals surface area contributed by atoms with Crippen LogP contribution in [0, 0.1) is 0 Å². The molecule has 0 aliphatic carbocycles. The van der Waals surface area contributed by atoms with Crippen LogP contribution in [0.1, 0.15) is 28.2 Å². The second-order valence-corrected chi connectivity index (χ2v) is 5.80. The summed E-state index contributed by atoms with van der Waals surface area (Å²) in [5.74, 6) is 0.195. The lowest BCUT2D eigenvalue weighted by Crippen LogP contribution is -2.13. The highest BCUT2D eigenvalue weighted by molar-refractivity contribution is 6.07. The van der Waals surface area contributed by atoms with Gasteiger partial charge in [0.25, 0.3) is 0 Å². The van der Waals surface area contributed by atoms with Crippen LogP contribution >= 0.6 is 0 Å². The summed E-state index contributed by atoms with van der Waals surface area (Å²) < 4.78 is 1.68. The van der Waals surface area contributed by atoms with E-state index in [1.165, 1.54) is 0 Å². The zero-order chi connectivity index (χ0) is 17.6. The van der Waals surface area contributed by atoms with Gasteiger partial charge in [0.05, 0.1) is 0 Å². The van der Waals surface area contributed by atoms with E-state index in [0.717, 1.165) is 5.56 Å². The van der Waals surface area contributed by atoms with Gasteiger partial charge < -0.3 is 9.88 Å². The molecule has 25 heavy (non-hydrogen) atoms. The molecule has 0 saturated heterocycles. The number of carbonyl (C=O) groups excluding carboxylic acids is 2. The minimum Gasteiger partial charge on any atom is -0.331 e. The Morgan fingerprint density at radius 2 is 1.76 bits per heavy atom. The number of rotatable bonds is 6. The van der Waals surface area contributed by atoms with E-state index in [9.17, 15) is 9.59 Å². The van der Waals surface area contributed by atoms with Crippen LogP contribution in [0.15, 0.2) is 67.0 Å². The first-order chi connectivity index (χ1) is 12.1. The Hall–Kier alpha value is -3.21. The third kappa shape index (κ3) is 4.20. The molecule has 5 nitrogen and oxygen atoms in total. The Kier molecular flexibility index (Phi) is 5.04. The molecule has 2 aromatic carbocycles. The molecule has 0 atom stereocenters. The van der Waals surface area contributed by atoms with E-state index < -0.39 is 0 Å². The van der Waals surface area contributed by atoms with Crippen molar-refractivity contribution < 1.29 is 9.59 Å². The largest absolute Gasteiger partial charge is 0.331 e. The Labute approximate surface area is 146 Å². The summed E-state index contributed by atoms with van der Waals surface area (Å²) in [6.07, 6.45) is 4.43. The first-order valence-corrected chi connectivity index (χ1v) is 8.09. The number of hydrogen-bond acceptors (Lipinski definition) is 3. The molecule has 1 amide bonds. The molecule has 0 aliphatic rings. The van der Waals surface area contributed by atoms with Crippen molar-refractivity contribution in [2.45, 2.75) is 12.8 Å². The van der Waals surface area contributed by atoms with Crippen molar-refractivity contribution in [2.75, 3.05) is 5.32 Å². The third-order valence-electron chi connectivity index (χ3n) is 3.94. The molecule has 5 heteroatoms. The molecule has 3 rings (SSSR count). The maximum absolute atomic E-state index is 12.4. The molecule has 1 heterocycles. The number of nitrogens with zero attached hydrogens (tertiary/aromatic N) is 2. The SMILES string of the molecule is Cn1ccnc1C(=O)c1ccc(NC(=O)CCc2ccccc2)cc1. The Bertz CT molecular complexity index is 867. The highest BCUT2D eigenvalue weighted by atomic mass is 16.1. The lowest BCUT2D eigenvalue weighted by molar-refractivity contribution is -0.116. The second kappa shape index (κ2) is 7.57. The van der Waals surface area contributed by atoms with Crippen molar-refractivity contribution in [2.24, 2.45) is 7.05 Å². The first kappa shape index (κ1) is 16.6. The van der Waals surface area contributed by atoms with E-state index in [1.54, 1.807) is 48.3 Å². The maximum Gasteiger partial charge on any atom is 0.228 e. The minimum absolute atomic E-state index is 0.0490. The van der Waals surface area contributed by atoms with Crippen LogP contribution in [0.3, 0.4) is 0 Å². The zero-order valence-corrected chi connectivity index (χ0v) is 14.0. The van der Waals surface area contributed by atoms with Gasteiger partial charge in [0.1, 0.15) is 0 Å². The van der Waals surface area contributed by atoms with Gasteiger partial charge in [-0.2, -0.15) is 0 Å². The van der Waals surface area contributed by atoms with Gasteiger partial charge in [0.15, 0.2) is 5.82 Å². The Morgan fingerprint density at radius 3 is 2.40 bits per heavy atom. The normalized spacial score (nSPS) is 10.4. The smallest absolute Gasteiger partial charge is 0.228 e. The van der Waals surface area contributed by atoms with Gasteiger partial charge in [-0.25, -0.2) is 4.98 Å². The number of nitrogens with one attached hydrogen (secondary N) is 1. The minimum atomic E-state index is -0.144. The zero-order valence-electron chi connectivity index (χ0n) is 14.0. The number of aromatic nitrogens is 2. The van der Waals surface area contributed by atoms with Crippen molar-refractivity contribution in [1.29, 1.82) is 0 Å². The van der Waals surface area contributed by atoms with Crippen LogP contribution in [-0.2, 0) is 18.3 Å². The summed E-state index contributed by atoms with van der Waals surface area (Å²) in [4.78, 5) is 28.5. The van der Waals surface area contributed by atoms with Gasteiger partial charge in [-0.3, -0.25) is 9.59 Å². The Morgan fingerprint density at radius 1 is 1.04 bits per heavy atom. The van der Waals surface area contributed by atoms with Gasteiger partial charge in [-0.15, -0.1) is 0 Å². The molecular formula is C20H19N3O2. The molecule has 126 valence electrons. The van der Waals surface area contributed by atoms with E-state index in [-0.39, 0.29) is 11.7 Å². The first-order valence-electron chi connectivity index (χ1n) is 8.09. The predicted molar refractivity (Wildman–Crippen MR) is 96.5 cm³/mol. The lowest BCUT2D eigenvalue weighted by atomic mass is 10.1. The van der Waals surface area contributed by atoms with Gasteiger partial charge >= 0.3 is 0 Å². The third-order valence-corrected chi connectivity index (χ3v) is 3.94. The molecule has 0 saturated carbocycles. The number of amides is 1. The molecular weight excluding hydrogens is 314 g/mol. The van der Waals surface area contributed by atoms with Gasteiger partial charge in [0, 0.05) is 37.1 Å². The number of anilines is 1. The van der Waals surface area contributed by atoms with Crippen LogP contribution in [0.4, 0.5) is 5.69 Å². The predicted octanol–water partition coefficient (Wildman–Crippen LogP) is 3.22. The van der Waals surface area contributed by atoms with E-state index >= 15 is 0 Å². The fraction of sp³-hybridized carbons (Fsp3) is 0.150. The molecule has 0 aliphatic heterocycles. The van der Waals surface area contributed by atoms with E-state index in [1.807, 2.05) is 30.3 Å². The molecule has 3 aromatic rings. The number of hydrogen-bond donors (Lipinski definition) is 1. The fourth-order valence-corrected chi connectivity index (χ4v) is 2.54.